The standard InChI is InChI=1S/C13H13F3N2O/c1-9(7-17)8-18-12(19)6-10-3-2-4-11(5-10)13(14,15)16/h2-5,9H,6,8H2,1H3,(H,18,19). The highest BCUT2D eigenvalue weighted by atomic mass is 19.4. The molecule has 1 aromatic carbocycles. The quantitative estimate of drug-likeness (QED) is 0.914. The Labute approximate surface area is 109 Å². The molecule has 0 heterocycles. The highest BCUT2D eigenvalue weighted by molar-refractivity contribution is 5.78. The molecule has 0 aliphatic rings. The molecule has 0 spiro atoms. The SMILES string of the molecule is CC(C#N)CNC(=O)Cc1cccc(C(F)(F)F)c1. The molecule has 0 bridgehead atoms. The van der Waals surface area contributed by atoms with Gasteiger partial charge in [-0.25, -0.2) is 0 Å². The number of benzene rings is 1. The zero-order chi connectivity index (χ0) is 14.5. The molecule has 0 aliphatic heterocycles. The van der Waals surface area contributed by atoms with Crippen LogP contribution in [0, 0.1) is 17.2 Å². The van der Waals surface area contributed by atoms with Gasteiger partial charge in [-0.1, -0.05) is 18.2 Å². The second-order valence-electron chi connectivity index (χ2n) is 4.21. The molecule has 1 rings (SSSR count). The maximum Gasteiger partial charge on any atom is 0.416 e. The molecule has 0 saturated heterocycles. The van der Waals surface area contributed by atoms with Crippen molar-refractivity contribution in [2.75, 3.05) is 6.54 Å². The molecule has 1 unspecified atom stereocenters. The molecule has 1 N–H and O–H groups in total. The number of alkyl halides is 3. The van der Waals surface area contributed by atoms with Crippen molar-refractivity contribution in [1.29, 1.82) is 5.26 Å². The molecule has 0 fully saturated rings. The predicted molar refractivity (Wildman–Crippen MR) is 62.9 cm³/mol. The minimum Gasteiger partial charge on any atom is -0.355 e. The zero-order valence-electron chi connectivity index (χ0n) is 10.3. The van der Waals surface area contributed by atoms with Crippen LogP contribution in [-0.2, 0) is 17.4 Å². The summed E-state index contributed by atoms with van der Waals surface area (Å²) >= 11 is 0. The average molecular weight is 270 g/mol. The van der Waals surface area contributed by atoms with Gasteiger partial charge in [0.15, 0.2) is 0 Å². The first-order valence-corrected chi connectivity index (χ1v) is 5.65. The highest BCUT2D eigenvalue weighted by Crippen LogP contribution is 2.29. The molecular formula is C13H13F3N2O. The molecule has 0 radical (unpaired) electrons. The van der Waals surface area contributed by atoms with E-state index >= 15 is 0 Å². The Morgan fingerprint density at radius 1 is 1.47 bits per heavy atom. The average Bonchev–Trinajstić information content (AvgIpc) is 2.35. The van der Waals surface area contributed by atoms with Crippen LogP contribution in [-0.4, -0.2) is 12.5 Å². The third kappa shape index (κ3) is 5.00. The van der Waals surface area contributed by atoms with E-state index in [-0.39, 0.29) is 24.4 Å². The van der Waals surface area contributed by atoms with Crippen molar-refractivity contribution in [2.45, 2.75) is 19.5 Å². The van der Waals surface area contributed by atoms with Crippen LogP contribution < -0.4 is 5.32 Å². The minimum absolute atomic E-state index is 0.137. The lowest BCUT2D eigenvalue weighted by molar-refractivity contribution is -0.137. The number of carbonyl (C=O) groups excluding carboxylic acids is 1. The highest BCUT2D eigenvalue weighted by Gasteiger charge is 2.30. The summed E-state index contributed by atoms with van der Waals surface area (Å²) in [6, 6.07) is 6.59. The van der Waals surface area contributed by atoms with Gasteiger partial charge in [-0.05, 0) is 18.6 Å². The van der Waals surface area contributed by atoms with Crippen molar-refractivity contribution in [2.24, 2.45) is 5.92 Å². The Bertz CT molecular complexity index is 491. The van der Waals surface area contributed by atoms with E-state index in [1.54, 1.807) is 6.92 Å². The molecular weight excluding hydrogens is 257 g/mol. The van der Waals surface area contributed by atoms with Crippen molar-refractivity contribution in [1.82, 2.24) is 5.32 Å². The van der Waals surface area contributed by atoms with E-state index in [0.717, 1.165) is 12.1 Å². The number of amides is 1. The van der Waals surface area contributed by atoms with E-state index in [1.807, 2.05) is 6.07 Å². The monoisotopic (exact) mass is 270 g/mol. The van der Waals surface area contributed by atoms with Crippen molar-refractivity contribution >= 4 is 5.91 Å². The molecule has 1 atom stereocenters. The maximum absolute atomic E-state index is 12.5. The third-order valence-electron chi connectivity index (χ3n) is 2.44. The number of nitrogens with one attached hydrogen (secondary N) is 1. The Morgan fingerprint density at radius 2 is 2.16 bits per heavy atom. The summed E-state index contributed by atoms with van der Waals surface area (Å²) in [5.41, 5.74) is -0.486. The first-order valence-electron chi connectivity index (χ1n) is 5.65. The van der Waals surface area contributed by atoms with Crippen LogP contribution in [0.15, 0.2) is 24.3 Å². The number of halogens is 3. The van der Waals surface area contributed by atoms with Gasteiger partial charge < -0.3 is 5.32 Å². The van der Waals surface area contributed by atoms with Crippen molar-refractivity contribution in [3.8, 4) is 6.07 Å². The normalized spacial score (nSPS) is 12.6. The second-order valence-corrected chi connectivity index (χ2v) is 4.21. The van der Waals surface area contributed by atoms with Crippen molar-refractivity contribution < 1.29 is 18.0 Å². The van der Waals surface area contributed by atoms with Gasteiger partial charge in [0.1, 0.15) is 0 Å². The third-order valence-corrected chi connectivity index (χ3v) is 2.44. The number of rotatable bonds is 4. The van der Waals surface area contributed by atoms with Crippen LogP contribution in [0.25, 0.3) is 0 Å². The summed E-state index contributed by atoms with van der Waals surface area (Å²) in [4.78, 5) is 11.5. The molecule has 19 heavy (non-hydrogen) atoms. The summed E-state index contributed by atoms with van der Waals surface area (Å²) in [6.45, 7) is 1.83. The fourth-order valence-electron chi connectivity index (χ4n) is 1.42. The maximum atomic E-state index is 12.5. The summed E-state index contributed by atoms with van der Waals surface area (Å²) in [5, 5.41) is 11.0. The van der Waals surface area contributed by atoms with Crippen LogP contribution >= 0.6 is 0 Å². The molecule has 3 nitrogen and oxygen atoms in total. The second kappa shape index (κ2) is 6.23. The smallest absolute Gasteiger partial charge is 0.355 e. The van der Waals surface area contributed by atoms with Gasteiger partial charge in [-0.3, -0.25) is 4.79 Å². The molecule has 0 aromatic heterocycles. The molecule has 1 amide bonds. The van der Waals surface area contributed by atoms with Gasteiger partial charge in [0.05, 0.1) is 24.0 Å². The van der Waals surface area contributed by atoms with Gasteiger partial charge in [0.25, 0.3) is 0 Å². The zero-order valence-corrected chi connectivity index (χ0v) is 10.3. The van der Waals surface area contributed by atoms with Crippen LogP contribution in [0.2, 0.25) is 0 Å². The van der Waals surface area contributed by atoms with E-state index < -0.39 is 17.6 Å². The van der Waals surface area contributed by atoms with Gasteiger partial charge in [0.2, 0.25) is 5.91 Å². The lowest BCUT2D eigenvalue weighted by Gasteiger charge is -2.09. The minimum atomic E-state index is -4.41. The Hall–Kier alpha value is -2.03. The fraction of sp³-hybridized carbons (Fsp3) is 0.385. The summed E-state index contributed by atoms with van der Waals surface area (Å²) in [5.74, 6) is -0.730. The topological polar surface area (TPSA) is 52.9 Å². The lowest BCUT2D eigenvalue weighted by Crippen LogP contribution is -2.29. The lowest BCUT2D eigenvalue weighted by atomic mass is 10.1. The Kier molecular flexibility index (Phi) is 4.93. The number of nitriles is 1. The van der Waals surface area contributed by atoms with Crippen molar-refractivity contribution in [3.05, 3.63) is 35.4 Å². The van der Waals surface area contributed by atoms with E-state index in [1.165, 1.54) is 12.1 Å². The fourth-order valence-corrected chi connectivity index (χ4v) is 1.42. The first-order chi connectivity index (χ1) is 8.82. The number of nitrogens with zero attached hydrogens (tertiary/aromatic N) is 1. The predicted octanol–water partition coefficient (Wildman–Crippen LogP) is 2.52. The van der Waals surface area contributed by atoms with E-state index in [0.29, 0.717) is 0 Å². The van der Waals surface area contributed by atoms with Crippen LogP contribution in [0.4, 0.5) is 13.2 Å². The summed E-state index contributed by atoms with van der Waals surface area (Å²) < 4.78 is 37.4. The summed E-state index contributed by atoms with van der Waals surface area (Å²) in [6.07, 6.45) is -4.55. The van der Waals surface area contributed by atoms with Crippen LogP contribution in [0.5, 0.6) is 0 Å². The Balaban J connectivity index is 2.63. The van der Waals surface area contributed by atoms with Gasteiger partial charge >= 0.3 is 6.18 Å². The molecule has 6 heteroatoms. The first kappa shape index (κ1) is 15.0. The van der Waals surface area contributed by atoms with E-state index in [2.05, 4.69) is 5.32 Å². The number of hydrogen-bond acceptors (Lipinski definition) is 2. The molecule has 0 aliphatic carbocycles. The van der Waals surface area contributed by atoms with Gasteiger partial charge in [0, 0.05) is 6.54 Å². The van der Waals surface area contributed by atoms with Crippen molar-refractivity contribution in [3.63, 3.8) is 0 Å². The molecule has 102 valence electrons. The molecule has 1 aromatic rings. The van der Waals surface area contributed by atoms with E-state index in [9.17, 15) is 18.0 Å². The van der Waals surface area contributed by atoms with Crippen LogP contribution in [0.3, 0.4) is 0 Å². The van der Waals surface area contributed by atoms with Gasteiger partial charge in [-0.15, -0.1) is 0 Å². The Morgan fingerprint density at radius 3 is 2.74 bits per heavy atom. The van der Waals surface area contributed by atoms with E-state index in [4.69, 9.17) is 5.26 Å². The van der Waals surface area contributed by atoms with Gasteiger partial charge in [-0.2, -0.15) is 18.4 Å². The molecule has 0 saturated carbocycles. The summed E-state index contributed by atoms with van der Waals surface area (Å²) in [7, 11) is 0. The number of carbonyl (C=O) groups is 1. The largest absolute Gasteiger partial charge is 0.416 e. The van der Waals surface area contributed by atoms with Crippen LogP contribution in [0.1, 0.15) is 18.1 Å². The number of hydrogen-bond donors (Lipinski definition) is 1.